The highest BCUT2D eigenvalue weighted by atomic mass is 16.2. The number of carbonyl (C=O) groups is 2. The van der Waals surface area contributed by atoms with Gasteiger partial charge in [-0.3, -0.25) is 9.69 Å². The predicted molar refractivity (Wildman–Crippen MR) is 93.4 cm³/mol. The molecule has 1 heterocycles. The third-order valence-electron chi connectivity index (χ3n) is 4.53. The molecular formula is C20H19N3O2. The van der Waals surface area contributed by atoms with Crippen LogP contribution in [0, 0.1) is 11.3 Å². The molecule has 1 aliphatic rings. The highest BCUT2D eigenvalue weighted by Gasteiger charge is 2.47. The highest BCUT2D eigenvalue weighted by Crippen LogP contribution is 2.24. The molecule has 1 aliphatic heterocycles. The first kappa shape index (κ1) is 16.7. The van der Waals surface area contributed by atoms with Gasteiger partial charge < -0.3 is 5.32 Å². The summed E-state index contributed by atoms with van der Waals surface area (Å²) in [7, 11) is 0. The van der Waals surface area contributed by atoms with Gasteiger partial charge in [0.2, 0.25) is 0 Å². The van der Waals surface area contributed by atoms with Gasteiger partial charge >= 0.3 is 6.03 Å². The van der Waals surface area contributed by atoms with E-state index in [0.717, 1.165) is 11.1 Å². The van der Waals surface area contributed by atoms with Crippen molar-refractivity contribution in [2.45, 2.75) is 31.8 Å². The Morgan fingerprint density at radius 3 is 2.36 bits per heavy atom. The average molecular weight is 333 g/mol. The first-order valence-corrected chi connectivity index (χ1v) is 8.19. The molecule has 0 spiro atoms. The Bertz CT molecular complexity index is 824. The smallest absolute Gasteiger partial charge is 0.323 e. The van der Waals surface area contributed by atoms with E-state index in [9.17, 15) is 9.59 Å². The van der Waals surface area contributed by atoms with E-state index in [0.29, 0.717) is 18.4 Å². The zero-order valence-electron chi connectivity index (χ0n) is 14.0. The van der Waals surface area contributed by atoms with E-state index in [-0.39, 0.29) is 18.5 Å². The minimum Gasteiger partial charge on any atom is -0.323 e. The number of imide groups is 1. The molecule has 1 saturated heterocycles. The monoisotopic (exact) mass is 333 g/mol. The van der Waals surface area contributed by atoms with Crippen LogP contribution in [0.5, 0.6) is 0 Å². The van der Waals surface area contributed by atoms with Crippen molar-refractivity contribution < 1.29 is 9.59 Å². The van der Waals surface area contributed by atoms with Crippen molar-refractivity contribution >= 4 is 11.9 Å². The fourth-order valence-electron chi connectivity index (χ4n) is 2.97. The fraction of sp³-hybridized carbons (Fsp3) is 0.250. The molecule has 5 heteroatoms. The van der Waals surface area contributed by atoms with Crippen LogP contribution in [0.15, 0.2) is 54.6 Å². The molecule has 0 bridgehead atoms. The summed E-state index contributed by atoms with van der Waals surface area (Å²) in [5, 5.41) is 11.7. The van der Waals surface area contributed by atoms with Gasteiger partial charge in [0.15, 0.2) is 0 Å². The minimum atomic E-state index is -0.889. The Morgan fingerprint density at radius 2 is 1.72 bits per heavy atom. The van der Waals surface area contributed by atoms with Crippen molar-refractivity contribution in [1.29, 1.82) is 5.26 Å². The third kappa shape index (κ3) is 3.53. The van der Waals surface area contributed by atoms with Crippen LogP contribution >= 0.6 is 0 Å². The topological polar surface area (TPSA) is 73.2 Å². The first-order valence-electron chi connectivity index (χ1n) is 8.19. The van der Waals surface area contributed by atoms with Crippen LogP contribution in [0.3, 0.4) is 0 Å². The number of aryl methyl sites for hydroxylation is 1. The first-order chi connectivity index (χ1) is 12.0. The van der Waals surface area contributed by atoms with Crippen molar-refractivity contribution in [3.8, 4) is 6.07 Å². The van der Waals surface area contributed by atoms with Gasteiger partial charge in [-0.05, 0) is 43.0 Å². The van der Waals surface area contributed by atoms with Crippen LogP contribution in [-0.2, 0) is 17.8 Å². The van der Waals surface area contributed by atoms with Gasteiger partial charge in [0, 0.05) is 0 Å². The second kappa shape index (κ2) is 6.78. The van der Waals surface area contributed by atoms with E-state index >= 15 is 0 Å². The summed E-state index contributed by atoms with van der Waals surface area (Å²) in [4.78, 5) is 26.3. The zero-order chi connectivity index (χ0) is 17.9. The van der Waals surface area contributed by atoms with Gasteiger partial charge in [0.25, 0.3) is 5.91 Å². The maximum atomic E-state index is 12.8. The lowest BCUT2D eigenvalue weighted by Crippen LogP contribution is -2.44. The molecule has 1 atom stereocenters. The lowest BCUT2D eigenvalue weighted by molar-refractivity contribution is -0.131. The quantitative estimate of drug-likeness (QED) is 0.855. The van der Waals surface area contributed by atoms with Gasteiger partial charge in [-0.25, -0.2) is 4.79 Å². The fourth-order valence-corrected chi connectivity index (χ4v) is 2.97. The normalized spacial score (nSPS) is 19.6. The van der Waals surface area contributed by atoms with Gasteiger partial charge in [-0.2, -0.15) is 5.26 Å². The van der Waals surface area contributed by atoms with Gasteiger partial charge in [0.1, 0.15) is 5.54 Å². The average Bonchev–Trinajstić information content (AvgIpc) is 2.85. The number of nitrogens with zero attached hydrogens (tertiary/aromatic N) is 2. The summed E-state index contributed by atoms with van der Waals surface area (Å²) >= 11 is 0. The minimum absolute atomic E-state index is 0.206. The Morgan fingerprint density at radius 1 is 1.04 bits per heavy atom. The Balaban J connectivity index is 1.69. The predicted octanol–water partition coefficient (Wildman–Crippen LogP) is 3.00. The van der Waals surface area contributed by atoms with Crippen LogP contribution in [-0.4, -0.2) is 22.4 Å². The van der Waals surface area contributed by atoms with Crippen molar-refractivity contribution in [2.75, 3.05) is 0 Å². The van der Waals surface area contributed by atoms with E-state index in [1.165, 1.54) is 4.90 Å². The molecule has 0 radical (unpaired) electrons. The van der Waals surface area contributed by atoms with Crippen molar-refractivity contribution in [1.82, 2.24) is 10.2 Å². The zero-order valence-corrected chi connectivity index (χ0v) is 14.0. The van der Waals surface area contributed by atoms with Crippen LogP contribution in [0.2, 0.25) is 0 Å². The molecule has 1 fully saturated rings. The summed E-state index contributed by atoms with van der Waals surface area (Å²) in [6, 6.07) is 18.5. The van der Waals surface area contributed by atoms with Gasteiger partial charge in [0.05, 0.1) is 18.2 Å². The maximum absolute atomic E-state index is 12.8. The molecule has 2 aromatic rings. The summed E-state index contributed by atoms with van der Waals surface area (Å²) in [5.74, 6) is -0.210. The molecule has 3 amide bonds. The number of rotatable bonds is 5. The molecule has 0 saturated carbocycles. The largest absolute Gasteiger partial charge is 0.325 e. The molecule has 3 rings (SSSR count). The molecular weight excluding hydrogens is 314 g/mol. The Kier molecular flexibility index (Phi) is 4.53. The van der Waals surface area contributed by atoms with Crippen LogP contribution < -0.4 is 5.32 Å². The number of amides is 3. The van der Waals surface area contributed by atoms with E-state index < -0.39 is 5.54 Å². The van der Waals surface area contributed by atoms with Crippen molar-refractivity contribution in [3.05, 3.63) is 71.3 Å². The molecule has 126 valence electrons. The van der Waals surface area contributed by atoms with E-state index in [1.54, 1.807) is 31.2 Å². The molecule has 0 aliphatic carbocycles. The Labute approximate surface area is 146 Å². The van der Waals surface area contributed by atoms with Crippen molar-refractivity contribution in [2.24, 2.45) is 0 Å². The number of nitriles is 1. The second-order valence-electron chi connectivity index (χ2n) is 6.45. The summed E-state index contributed by atoms with van der Waals surface area (Å²) in [6.45, 7) is 1.98. The number of benzene rings is 2. The molecule has 5 nitrogen and oxygen atoms in total. The van der Waals surface area contributed by atoms with Crippen molar-refractivity contribution in [3.63, 3.8) is 0 Å². The van der Waals surface area contributed by atoms with E-state index in [2.05, 4.69) is 11.4 Å². The summed E-state index contributed by atoms with van der Waals surface area (Å²) in [6.07, 6.45) is 1.26. The lowest BCUT2D eigenvalue weighted by atomic mass is 9.93. The molecule has 2 aromatic carbocycles. The third-order valence-corrected chi connectivity index (χ3v) is 4.53. The van der Waals surface area contributed by atoms with Gasteiger partial charge in [-0.1, -0.05) is 42.5 Å². The SMILES string of the molecule is CC1(CCc2ccccc2)NC(=O)N(Cc2ccc(C#N)cc2)C1=O. The standard InChI is InChI=1S/C20H19N3O2/c1-20(12-11-15-5-3-2-4-6-15)18(24)23(19(25)22-20)14-17-9-7-16(13-21)8-10-17/h2-10H,11-12,14H2,1H3,(H,22,25). The molecule has 1 N–H and O–H groups in total. The number of urea groups is 1. The molecule has 1 unspecified atom stereocenters. The highest BCUT2D eigenvalue weighted by molar-refractivity contribution is 6.06. The van der Waals surface area contributed by atoms with E-state index in [4.69, 9.17) is 5.26 Å². The van der Waals surface area contributed by atoms with E-state index in [1.807, 2.05) is 30.3 Å². The Hall–Kier alpha value is -3.13. The van der Waals surface area contributed by atoms with Crippen LogP contribution in [0.4, 0.5) is 4.79 Å². The number of hydrogen-bond acceptors (Lipinski definition) is 3. The number of carbonyl (C=O) groups excluding carboxylic acids is 2. The summed E-state index contributed by atoms with van der Waals surface area (Å²) < 4.78 is 0. The number of hydrogen-bond donors (Lipinski definition) is 1. The number of nitrogens with one attached hydrogen (secondary N) is 1. The summed E-state index contributed by atoms with van der Waals surface area (Å²) in [5.41, 5.74) is 1.61. The maximum Gasteiger partial charge on any atom is 0.325 e. The molecule has 25 heavy (non-hydrogen) atoms. The van der Waals surface area contributed by atoms with Crippen LogP contribution in [0.1, 0.15) is 30.0 Å². The second-order valence-corrected chi connectivity index (χ2v) is 6.45. The lowest BCUT2D eigenvalue weighted by Gasteiger charge is -2.21. The van der Waals surface area contributed by atoms with Gasteiger partial charge in [-0.15, -0.1) is 0 Å². The van der Waals surface area contributed by atoms with Crippen LogP contribution in [0.25, 0.3) is 0 Å². The molecule has 0 aromatic heterocycles.